The summed E-state index contributed by atoms with van der Waals surface area (Å²) in [6.07, 6.45) is 0.862. The van der Waals surface area contributed by atoms with Crippen LogP contribution in [-0.4, -0.2) is 18.4 Å². The van der Waals surface area contributed by atoms with E-state index in [2.05, 4.69) is 5.32 Å². The first kappa shape index (κ1) is 12.9. The molecule has 0 fully saturated rings. The highest BCUT2D eigenvalue weighted by molar-refractivity contribution is 6.31. The number of nitrogens with zero attached hydrogens (tertiary/aromatic N) is 1. The van der Waals surface area contributed by atoms with Crippen molar-refractivity contribution in [2.45, 2.75) is 26.3 Å². The van der Waals surface area contributed by atoms with Crippen molar-refractivity contribution in [2.75, 3.05) is 11.4 Å². The fraction of sp³-hybridized carbons (Fsp3) is 0.385. The van der Waals surface area contributed by atoms with Gasteiger partial charge in [0.15, 0.2) is 0 Å². The first-order chi connectivity index (χ1) is 8.54. The van der Waals surface area contributed by atoms with Gasteiger partial charge in [0.05, 0.1) is 0 Å². The number of rotatable bonds is 3. The van der Waals surface area contributed by atoms with Gasteiger partial charge in [0.1, 0.15) is 6.04 Å². The maximum Gasteiger partial charge on any atom is 0.254 e. The van der Waals surface area contributed by atoms with E-state index in [-0.39, 0.29) is 11.8 Å². The van der Waals surface area contributed by atoms with Gasteiger partial charge < -0.3 is 10.2 Å². The molecule has 2 amide bonds. The van der Waals surface area contributed by atoms with E-state index in [0.29, 0.717) is 11.6 Å². The van der Waals surface area contributed by atoms with Crippen LogP contribution in [0.25, 0.3) is 0 Å². The van der Waals surface area contributed by atoms with Gasteiger partial charge in [0.2, 0.25) is 5.91 Å². The standard InChI is InChI=1S/C13H15ClN2O2/c1-3-6-16-11-5-4-9(14)7-10(11)12(13(16)18)15-8(2)17/h4-5,7,12H,3,6H2,1-2H3,(H,15,17). The van der Waals surface area contributed by atoms with E-state index in [0.717, 1.165) is 17.7 Å². The Hall–Kier alpha value is -1.55. The minimum Gasteiger partial charge on any atom is -0.341 e. The molecule has 96 valence electrons. The topological polar surface area (TPSA) is 49.4 Å². The second-order valence-electron chi connectivity index (χ2n) is 4.33. The lowest BCUT2D eigenvalue weighted by atomic mass is 10.1. The number of amides is 2. The lowest BCUT2D eigenvalue weighted by Gasteiger charge is -2.16. The molecule has 1 aliphatic rings. The Labute approximate surface area is 111 Å². The van der Waals surface area contributed by atoms with Gasteiger partial charge in [-0.05, 0) is 24.6 Å². The highest BCUT2D eigenvalue weighted by Crippen LogP contribution is 2.37. The number of hydrogen-bond acceptors (Lipinski definition) is 2. The molecule has 5 heteroatoms. The Balaban J connectivity index is 2.43. The molecule has 0 saturated carbocycles. The van der Waals surface area contributed by atoms with Crippen molar-refractivity contribution >= 4 is 29.1 Å². The SMILES string of the molecule is CCCN1C(=O)C(NC(C)=O)c2cc(Cl)ccc21. The highest BCUT2D eigenvalue weighted by Gasteiger charge is 2.37. The molecule has 1 aliphatic heterocycles. The third kappa shape index (κ3) is 2.20. The molecule has 1 aromatic rings. The maximum absolute atomic E-state index is 12.3. The third-order valence-corrected chi connectivity index (χ3v) is 3.13. The number of carbonyl (C=O) groups is 2. The van der Waals surface area contributed by atoms with E-state index in [1.807, 2.05) is 13.0 Å². The molecule has 18 heavy (non-hydrogen) atoms. The van der Waals surface area contributed by atoms with Gasteiger partial charge >= 0.3 is 0 Å². The summed E-state index contributed by atoms with van der Waals surface area (Å²) in [5, 5.41) is 3.24. The molecule has 1 atom stereocenters. The van der Waals surface area contributed by atoms with Crippen molar-refractivity contribution in [3.05, 3.63) is 28.8 Å². The van der Waals surface area contributed by atoms with Gasteiger partial charge in [0.25, 0.3) is 5.91 Å². The first-order valence-corrected chi connectivity index (χ1v) is 6.30. The molecule has 2 rings (SSSR count). The third-order valence-electron chi connectivity index (χ3n) is 2.90. The van der Waals surface area contributed by atoms with Crippen LogP contribution in [0.3, 0.4) is 0 Å². The number of hydrogen-bond donors (Lipinski definition) is 1. The van der Waals surface area contributed by atoms with Crippen LogP contribution in [0.1, 0.15) is 31.9 Å². The fourth-order valence-corrected chi connectivity index (χ4v) is 2.39. The zero-order chi connectivity index (χ0) is 13.3. The van der Waals surface area contributed by atoms with E-state index in [4.69, 9.17) is 11.6 Å². The van der Waals surface area contributed by atoms with Crippen molar-refractivity contribution in [3.8, 4) is 0 Å². The molecule has 1 N–H and O–H groups in total. The summed E-state index contributed by atoms with van der Waals surface area (Å²) in [6.45, 7) is 4.05. The van der Waals surface area contributed by atoms with Crippen molar-refractivity contribution in [3.63, 3.8) is 0 Å². The zero-order valence-electron chi connectivity index (χ0n) is 10.4. The summed E-state index contributed by atoms with van der Waals surface area (Å²) in [6, 6.07) is 4.72. The number of carbonyl (C=O) groups excluding carboxylic acids is 2. The lowest BCUT2D eigenvalue weighted by molar-refractivity contribution is -0.126. The average Bonchev–Trinajstić information content (AvgIpc) is 2.54. The van der Waals surface area contributed by atoms with Gasteiger partial charge in [-0.15, -0.1) is 0 Å². The highest BCUT2D eigenvalue weighted by atomic mass is 35.5. The van der Waals surface area contributed by atoms with Crippen LogP contribution in [0.5, 0.6) is 0 Å². The number of anilines is 1. The van der Waals surface area contributed by atoms with E-state index >= 15 is 0 Å². The first-order valence-electron chi connectivity index (χ1n) is 5.92. The lowest BCUT2D eigenvalue weighted by Crippen LogP contribution is -2.36. The molecule has 4 nitrogen and oxygen atoms in total. The molecule has 1 aromatic carbocycles. The molecule has 0 bridgehead atoms. The van der Waals surface area contributed by atoms with Gasteiger partial charge in [-0.3, -0.25) is 9.59 Å². The molecular formula is C13H15ClN2O2. The summed E-state index contributed by atoms with van der Waals surface area (Å²) in [4.78, 5) is 25.2. The van der Waals surface area contributed by atoms with Crippen molar-refractivity contribution in [1.29, 1.82) is 0 Å². The summed E-state index contributed by atoms with van der Waals surface area (Å²) in [5.74, 6) is -0.318. The predicted octanol–water partition coefficient (Wildman–Crippen LogP) is 2.27. The number of nitrogens with one attached hydrogen (secondary N) is 1. The largest absolute Gasteiger partial charge is 0.341 e. The average molecular weight is 267 g/mol. The van der Waals surface area contributed by atoms with Crippen molar-refractivity contribution in [2.24, 2.45) is 0 Å². The van der Waals surface area contributed by atoms with Crippen molar-refractivity contribution in [1.82, 2.24) is 5.32 Å². The van der Waals surface area contributed by atoms with E-state index < -0.39 is 6.04 Å². The summed E-state index contributed by atoms with van der Waals surface area (Å²) >= 11 is 5.96. The van der Waals surface area contributed by atoms with Crippen LogP contribution in [-0.2, 0) is 9.59 Å². The minimum atomic E-state index is -0.609. The second kappa shape index (κ2) is 4.98. The molecule has 0 aromatic heterocycles. The van der Waals surface area contributed by atoms with E-state index in [1.54, 1.807) is 17.0 Å². The molecule has 0 radical (unpaired) electrons. The Morgan fingerprint density at radius 3 is 2.83 bits per heavy atom. The molecule has 0 saturated heterocycles. The van der Waals surface area contributed by atoms with Crippen molar-refractivity contribution < 1.29 is 9.59 Å². The molecule has 0 aliphatic carbocycles. The zero-order valence-corrected chi connectivity index (χ0v) is 11.1. The smallest absolute Gasteiger partial charge is 0.254 e. The van der Waals surface area contributed by atoms with Crippen LogP contribution in [0, 0.1) is 0 Å². The summed E-state index contributed by atoms with van der Waals surface area (Å²) in [7, 11) is 0. The van der Waals surface area contributed by atoms with E-state index in [9.17, 15) is 9.59 Å². The Bertz CT molecular complexity index is 502. The Kier molecular flexibility index (Phi) is 3.57. The Morgan fingerprint density at radius 2 is 2.22 bits per heavy atom. The van der Waals surface area contributed by atoms with Gasteiger partial charge in [-0.2, -0.15) is 0 Å². The monoisotopic (exact) mass is 266 g/mol. The second-order valence-corrected chi connectivity index (χ2v) is 4.76. The Morgan fingerprint density at radius 1 is 1.50 bits per heavy atom. The number of fused-ring (bicyclic) bond motifs is 1. The van der Waals surface area contributed by atoms with Gasteiger partial charge in [-0.1, -0.05) is 18.5 Å². The quantitative estimate of drug-likeness (QED) is 0.912. The summed E-state index contributed by atoms with van der Waals surface area (Å²) in [5.41, 5.74) is 1.61. The predicted molar refractivity (Wildman–Crippen MR) is 70.7 cm³/mol. The maximum atomic E-state index is 12.3. The summed E-state index contributed by atoms with van der Waals surface area (Å²) < 4.78 is 0. The van der Waals surface area contributed by atoms with Gasteiger partial charge in [0, 0.05) is 29.7 Å². The normalized spacial score (nSPS) is 17.8. The van der Waals surface area contributed by atoms with Crippen LogP contribution in [0.15, 0.2) is 18.2 Å². The molecule has 1 heterocycles. The molecular weight excluding hydrogens is 252 g/mol. The number of halogens is 1. The van der Waals surface area contributed by atoms with Crippen LogP contribution >= 0.6 is 11.6 Å². The number of benzene rings is 1. The van der Waals surface area contributed by atoms with Gasteiger partial charge in [-0.25, -0.2) is 0 Å². The minimum absolute atomic E-state index is 0.0932. The fourth-order valence-electron chi connectivity index (χ4n) is 2.21. The van der Waals surface area contributed by atoms with Crippen LogP contribution in [0.4, 0.5) is 5.69 Å². The molecule has 0 spiro atoms. The van der Waals surface area contributed by atoms with E-state index in [1.165, 1.54) is 6.92 Å². The van der Waals surface area contributed by atoms with Crippen LogP contribution < -0.4 is 10.2 Å². The van der Waals surface area contributed by atoms with Crippen LogP contribution in [0.2, 0.25) is 5.02 Å². The molecule has 1 unspecified atom stereocenters.